The van der Waals surface area contributed by atoms with Gasteiger partial charge in [0.25, 0.3) is 0 Å². The van der Waals surface area contributed by atoms with Gasteiger partial charge in [0.05, 0.1) is 24.9 Å². The SMILES string of the molecule is COCCN(Cc1ccc(OS(C)(=O)=O)cc1)S(=O)(=O)c1ccc(OC)cc1. The minimum atomic E-state index is -3.76. The van der Waals surface area contributed by atoms with Crippen LogP contribution >= 0.6 is 0 Å². The Bertz CT molecular complexity index is 970. The van der Waals surface area contributed by atoms with Crippen LogP contribution in [0.3, 0.4) is 0 Å². The molecule has 10 heteroatoms. The molecular weight excluding hydrogens is 406 g/mol. The van der Waals surface area contributed by atoms with E-state index in [0.717, 1.165) is 6.26 Å². The molecule has 0 aliphatic carbocycles. The Hall–Kier alpha value is -2.14. The zero-order valence-electron chi connectivity index (χ0n) is 15.9. The fourth-order valence-electron chi connectivity index (χ4n) is 2.40. The summed E-state index contributed by atoms with van der Waals surface area (Å²) in [6, 6.07) is 12.3. The van der Waals surface area contributed by atoms with E-state index in [1.54, 1.807) is 24.3 Å². The minimum absolute atomic E-state index is 0.0941. The molecule has 154 valence electrons. The van der Waals surface area contributed by atoms with Gasteiger partial charge in [-0.3, -0.25) is 0 Å². The maximum Gasteiger partial charge on any atom is 0.306 e. The number of methoxy groups -OCH3 is 2. The molecule has 0 unspecified atom stereocenters. The maximum atomic E-state index is 13.0. The molecule has 0 bridgehead atoms. The van der Waals surface area contributed by atoms with E-state index in [9.17, 15) is 16.8 Å². The molecule has 0 N–H and O–H groups in total. The van der Waals surface area contributed by atoms with E-state index in [0.29, 0.717) is 11.3 Å². The Morgan fingerprint density at radius 2 is 1.43 bits per heavy atom. The van der Waals surface area contributed by atoms with Crippen molar-refractivity contribution in [2.24, 2.45) is 0 Å². The fourth-order valence-corrected chi connectivity index (χ4v) is 4.28. The predicted octanol–water partition coefficient (Wildman–Crippen LogP) is 1.87. The van der Waals surface area contributed by atoms with E-state index >= 15 is 0 Å². The van der Waals surface area contributed by atoms with E-state index in [2.05, 4.69) is 0 Å². The van der Waals surface area contributed by atoms with E-state index in [1.807, 2.05) is 0 Å². The Balaban J connectivity index is 2.24. The molecule has 0 atom stereocenters. The van der Waals surface area contributed by atoms with Gasteiger partial charge >= 0.3 is 10.1 Å². The summed E-state index contributed by atoms with van der Waals surface area (Å²) in [6.45, 7) is 0.480. The van der Waals surface area contributed by atoms with Gasteiger partial charge in [0, 0.05) is 20.2 Å². The van der Waals surface area contributed by atoms with Gasteiger partial charge in [-0.25, -0.2) is 8.42 Å². The highest BCUT2D eigenvalue weighted by molar-refractivity contribution is 7.89. The molecule has 0 aromatic heterocycles. The van der Waals surface area contributed by atoms with Crippen LogP contribution < -0.4 is 8.92 Å². The van der Waals surface area contributed by atoms with Crippen LogP contribution in [-0.2, 0) is 31.4 Å². The number of ether oxygens (including phenoxy) is 2. The molecule has 0 radical (unpaired) electrons. The third kappa shape index (κ3) is 6.20. The number of benzene rings is 2. The lowest BCUT2D eigenvalue weighted by Crippen LogP contribution is -2.33. The van der Waals surface area contributed by atoms with Crippen molar-refractivity contribution >= 4 is 20.1 Å². The van der Waals surface area contributed by atoms with E-state index in [-0.39, 0.29) is 30.3 Å². The normalized spacial score (nSPS) is 12.1. The second-order valence-corrected chi connectivity index (χ2v) is 9.45. The van der Waals surface area contributed by atoms with Crippen LogP contribution in [0.1, 0.15) is 5.56 Å². The summed E-state index contributed by atoms with van der Waals surface area (Å²) < 4.78 is 64.6. The first-order valence-electron chi connectivity index (χ1n) is 8.27. The molecule has 2 aromatic carbocycles. The number of hydrogen-bond donors (Lipinski definition) is 0. The summed E-state index contributed by atoms with van der Waals surface area (Å²) in [5, 5.41) is 0. The Morgan fingerprint density at radius 3 is 1.93 bits per heavy atom. The lowest BCUT2D eigenvalue weighted by Gasteiger charge is -2.22. The zero-order chi connectivity index (χ0) is 20.8. The zero-order valence-corrected chi connectivity index (χ0v) is 17.5. The minimum Gasteiger partial charge on any atom is -0.497 e. The summed E-state index contributed by atoms with van der Waals surface area (Å²) in [5.41, 5.74) is 0.675. The lowest BCUT2D eigenvalue weighted by molar-refractivity contribution is 0.177. The number of sulfonamides is 1. The Morgan fingerprint density at radius 1 is 0.857 bits per heavy atom. The van der Waals surface area contributed by atoms with Crippen molar-refractivity contribution in [3.05, 3.63) is 54.1 Å². The first-order chi connectivity index (χ1) is 13.2. The molecule has 0 heterocycles. The number of nitrogens with zero attached hydrogens (tertiary/aromatic N) is 1. The van der Waals surface area contributed by atoms with Gasteiger partial charge in [-0.1, -0.05) is 12.1 Å². The highest BCUT2D eigenvalue weighted by Gasteiger charge is 2.24. The van der Waals surface area contributed by atoms with Crippen molar-refractivity contribution in [2.75, 3.05) is 33.6 Å². The second-order valence-electron chi connectivity index (χ2n) is 5.94. The van der Waals surface area contributed by atoms with Gasteiger partial charge in [-0.05, 0) is 42.0 Å². The summed E-state index contributed by atoms with van der Waals surface area (Å²) in [5.74, 6) is 0.719. The second kappa shape index (κ2) is 9.37. The Labute approximate surface area is 165 Å². The van der Waals surface area contributed by atoms with Crippen LogP contribution in [0.25, 0.3) is 0 Å². The van der Waals surface area contributed by atoms with Crippen LogP contribution in [0.4, 0.5) is 0 Å². The summed E-state index contributed by atoms with van der Waals surface area (Å²) in [7, 11) is -4.39. The molecule has 0 saturated carbocycles. The van der Waals surface area contributed by atoms with E-state index in [1.165, 1.54) is 42.8 Å². The third-order valence-corrected chi connectivity index (χ3v) is 6.13. The van der Waals surface area contributed by atoms with Crippen LogP contribution in [0.2, 0.25) is 0 Å². The van der Waals surface area contributed by atoms with Crippen LogP contribution in [0.5, 0.6) is 11.5 Å². The highest BCUT2D eigenvalue weighted by Crippen LogP contribution is 2.22. The van der Waals surface area contributed by atoms with E-state index in [4.69, 9.17) is 13.7 Å². The fraction of sp³-hybridized carbons (Fsp3) is 0.333. The van der Waals surface area contributed by atoms with Crippen molar-refractivity contribution in [1.82, 2.24) is 4.31 Å². The molecule has 0 fully saturated rings. The monoisotopic (exact) mass is 429 g/mol. The summed E-state index contributed by atoms with van der Waals surface area (Å²) in [4.78, 5) is 0.140. The van der Waals surface area contributed by atoms with Gasteiger partial charge in [-0.2, -0.15) is 12.7 Å². The van der Waals surface area contributed by atoms with Crippen molar-refractivity contribution < 1.29 is 30.5 Å². The summed E-state index contributed by atoms with van der Waals surface area (Å²) in [6.07, 6.45) is 0.953. The molecule has 2 rings (SSSR count). The average Bonchev–Trinajstić information content (AvgIpc) is 2.65. The van der Waals surface area contributed by atoms with Crippen molar-refractivity contribution in [3.63, 3.8) is 0 Å². The quantitative estimate of drug-likeness (QED) is 0.532. The van der Waals surface area contributed by atoms with Gasteiger partial charge in [0.1, 0.15) is 11.5 Å². The van der Waals surface area contributed by atoms with Gasteiger partial charge in [0.2, 0.25) is 10.0 Å². The van der Waals surface area contributed by atoms with Crippen molar-refractivity contribution in [3.8, 4) is 11.5 Å². The molecule has 0 aliphatic rings. The predicted molar refractivity (Wildman–Crippen MR) is 104 cm³/mol. The average molecular weight is 430 g/mol. The highest BCUT2D eigenvalue weighted by atomic mass is 32.2. The first kappa shape index (κ1) is 22.2. The molecule has 2 aromatic rings. The third-order valence-electron chi connectivity index (χ3n) is 3.77. The first-order valence-corrected chi connectivity index (χ1v) is 11.5. The standard InChI is InChI=1S/C18H23NO7S2/c1-24-13-12-19(28(22,23)18-10-8-16(25-2)9-11-18)14-15-4-6-17(7-5-15)26-27(3,20)21/h4-11H,12-14H2,1-3H3. The van der Waals surface area contributed by atoms with Crippen molar-refractivity contribution in [1.29, 1.82) is 0 Å². The van der Waals surface area contributed by atoms with Crippen LogP contribution in [-0.4, -0.2) is 54.8 Å². The van der Waals surface area contributed by atoms with Gasteiger partial charge in [0.15, 0.2) is 0 Å². The van der Waals surface area contributed by atoms with Crippen LogP contribution in [0.15, 0.2) is 53.4 Å². The van der Waals surface area contributed by atoms with E-state index < -0.39 is 20.1 Å². The van der Waals surface area contributed by atoms with Crippen molar-refractivity contribution in [2.45, 2.75) is 11.4 Å². The topological polar surface area (TPSA) is 99.2 Å². The van der Waals surface area contributed by atoms with Gasteiger partial charge in [-0.15, -0.1) is 0 Å². The number of hydrogen-bond acceptors (Lipinski definition) is 7. The number of rotatable bonds is 10. The maximum absolute atomic E-state index is 13.0. The van der Waals surface area contributed by atoms with Crippen LogP contribution in [0, 0.1) is 0 Å². The van der Waals surface area contributed by atoms with Gasteiger partial charge < -0.3 is 13.7 Å². The Kier molecular flexibility index (Phi) is 7.41. The molecule has 0 amide bonds. The molecular formula is C18H23NO7S2. The molecule has 0 spiro atoms. The molecule has 0 aliphatic heterocycles. The molecule has 0 saturated heterocycles. The largest absolute Gasteiger partial charge is 0.497 e. The molecule has 28 heavy (non-hydrogen) atoms. The lowest BCUT2D eigenvalue weighted by atomic mass is 10.2. The smallest absolute Gasteiger partial charge is 0.306 e. The molecule has 8 nitrogen and oxygen atoms in total. The summed E-state index contributed by atoms with van der Waals surface area (Å²) >= 11 is 0.